The van der Waals surface area contributed by atoms with Gasteiger partial charge in [-0.2, -0.15) is 5.10 Å². The molecule has 5 heteroatoms. The third-order valence-corrected chi connectivity index (χ3v) is 5.23. The Kier molecular flexibility index (Phi) is 3.87. The average molecular weight is 327 g/mol. The quantitative estimate of drug-likeness (QED) is 0.865. The minimum atomic E-state index is -0.226. The number of hydrogen-bond donors (Lipinski definition) is 0. The second-order valence-electron chi connectivity index (χ2n) is 7.07. The van der Waals surface area contributed by atoms with Crippen molar-refractivity contribution in [2.45, 2.75) is 44.7 Å². The van der Waals surface area contributed by atoms with Crippen LogP contribution in [-0.4, -0.2) is 33.2 Å². The topological polar surface area (TPSA) is 38.1 Å². The van der Waals surface area contributed by atoms with Gasteiger partial charge >= 0.3 is 0 Å². The molecule has 1 saturated carbocycles. The third kappa shape index (κ3) is 2.95. The smallest absolute Gasteiger partial charge is 0.226 e. The molecule has 2 heterocycles. The van der Waals surface area contributed by atoms with Crippen LogP contribution >= 0.6 is 0 Å². The molecule has 0 N–H and O–H groups in total. The molecule has 0 bridgehead atoms. The predicted molar refractivity (Wildman–Crippen MR) is 88.9 cm³/mol. The van der Waals surface area contributed by atoms with Crippen LogP contribution in [0.2, 0.25) is 0 Å². The molecule has 126 valence electrons. The molecule has 0 unspecified atom stereocenters. The highest BCUT2D eigenvalue weighted by atomic mass is 19.1. The van der Waals surface area contributed by atoms with Gasteiger partial charge in [-0.05, 0) is 55.4 Å². The van der Waals surface area contributed by atoms with Crippen LogP contribution in [-0.2, 0) is 11.3 Å². The van der Waals surface area contributed by atoms with Gasteiger partial charge in [0.1, 0.15) is 5.82 Å². The van der Waals surface area contributed by atoms with E-state index in [1.165, 1.54) is 12.1 Å². The fourth-order valence-corrected chi connectivity index (χ4v) is 3.86. The zero-order chi connectivity index (χ0) is 16.7. The van der Waals surface area contributed by atoms with Crippen LogP contribution < -0.4 is 0 Å². The molecule has 1 saturated heterocycles. The van der Waals surface area contributed by atoms with E-state index in [9.17, 15) is 9.18 Å². The first-order valence-corrected chi connectivity index (χ1v) is 8.67. The molecule has 1 aliphatic carbocycles. The van der Waals surface area contributed by atoms with E-state index in [-0.39, 0.29) is 29.6 Å². The molecule has 1 aliphatic heterocycles. The zero-order valence-electron chi connectivity index (χ0n) is 13.9. The molecule has 2 fully saturated rings. The van der Waals surface area contributed by atoms with E-state index in [0.29, 0.717) is 0 Å². The van der Waals surface area contributed by atoms with Gasteiger partial charge in [-0.1, -0.05) is 12.1 Å². The van der Waals surface area contributed by atoms with E-state index in [1.54, 1.807) is 12.1 Å². The third-order valence-electron chi connectivity index (χ3n) is 5.23. The van der Waals surface area contributed by atoms with Gasteiger partial charge in [-0.3, -0.25) is 9.48 Å². The lowest BCUT2D eigenvalue weighted by Gasteiger charge is -2.25. The second kappa shape index (κ2) is 6.04. The number of hydrogen-bond acceptors (Lipinski definition) is 2. The van der Waals surface area contributed by atoms with Crippen molar-refractivity contribution in [1.82, 2.24) is 14.7 Å². The normalized spacial score (nSPS) is 25.9. The van der Waals surface area contributed by atoms with E-state index < -0.39 is 0 Å². The van der Waals surface area contributed by atoms with Crippen molar-refractivity contribution in [1.29, 1.82) is 0 Å². The van der Waals surface area contributed by atoms with E-state index in [1.807, 2.05) is 28.9 Å². The first-order chi connectivity index (χ1) is 11.6. The largest absolute Gasteiger partial charge is 0.338 e. The summed E-state index contributed by atoms with van der Waals surface area (Å²) in [6.45, 7) is 3.64. The molecular weight excluding hydrogens is 305 g/mol. The van der Waals surface area contributed by atoms with Crippen molar-refractivity contribution >= 4 is 5.91 Å². The van der Waals surface area contributed by atoms with Crippen LogP contribution in [0.3, 0.4) is 0 Å². The Hall–Kier alpha value is -2.17. The summed E-state index contributed by atoms with van der Waals surface area (Å²) in [6, 6.07) is 6.82. The Morgan fingerprint density at radius 3 is 2.83 bits per heavy atom. The number of nitrogens with zero attached hydrogens (tertiary/aromatic N) is 3. The van der Waals surface area contributed by atoms with Gasteiger partial charge < -0.3 is 4.90 Å². The van der Waals surface area contributed by atoms with E-state index >= 15 is 0 Å². The molecule has 1 amide bonds. The molecule has 3 atom stereocenters. The Bertz CT molecular complexity index is 739. The highest BCUT2D eigenvalue weighted by molar-refractivity contribution is 5.83. The summed E-state index contributed by atoms with van der Waals surface area (Å²) in [5.41, 5.74) is 2.22. The number of aryl methyl sites for hydroxylation is 1. The van der Waals surface area contributed by atoms with Gasteiger partial charge in [0.15, 0.2) is 0 Å². The van der Waals surface area contributed by atoms with Gasteiger partial charge in [0.05, 0.1) is 18.8 Å². The lowest BCUT2D eigenvalue weighted by molar-refractivity contribution is -0.133. The molecule has 1 aromatic heterocycles. The maximum Gasteiger partial charge on any atom is 0.226 e. The van der Waals surface area contributed by atoms with Crippen LogP contribution in [0.1, 0.15) is 36.3 Å². The van der Waals surface area contributed by atoms with Crippen molar-refractivity contribution in [3.63, 3.8) is 0 Å². The minimum Gasteiger partial charge on any atom is -0.338 e. The van der Waals surface area contributed by atoms with Crippen molar-refractivity contribution in [2.75, 3.05) is 6.54 Å². The monoisotopic (exact) mass is 327 g/mol. The molecule has 24 heavy (non-hydrogen) atoms. The van der Waals surface area contributed by atoms with E-state index in [4.69, 9.17) is 0 Å². The van der Waals surface area contributed by atoms with Crippen LogP contribution in [0, 0.1) is 18.7 Å². The van der Waals surface area contributed by atoms with Crippen molar-refractivity contribution < 1.29 is 9.18 Å². The Morgan fingerprint density at radius 1 is 1.33 bits per heavy atom. The average Bonchev–Trinajstić information content (AvgIpc) is 3.06. The Balaban J connectivity index is 1.41. The van der Waals surface area contributed by atoms with Gasteiger partial charge in [0.2, 0.25) is 5.91 Å². The van der Waals surface area contributed by atoms with Crippen LogP contribution in [0.5, 0.6) is 0 Å². The summed E-state index contributed by atoms with van der Waals surface area (Å²) in [5.74, 6) is 0.355. The summed E-state index contributed by atoms with van der Waals surface area (Å²) in [5, 5.41) is 4.35. The molecule has 4 nitrogen and oxygen atoms in total. The Morgan fingerprint density at radius 2 is 2.12 bits per heavy atom. The molecule has 0 radical (unpaired) electrons. The number of likely N-dealkylation sites (tertiary alicyclic amines) is 1. The molecule has 2 aliphatic rings. The van der Waals surface area contributed by atoms with E-state index in [0.717, 1.165) is 43.5 Å². The predicted octanol–water partition coefficient (Wildman–Crippen LogP) is 3.13. The number of rotatable bonds is 4. The highest BCUT2D eigenvalue weighted by Crippen LogP contribution is 2.49. The number of aromatic nitrogens is 2. The summed E-state index contributed by atoms with van der Waals surface area (Å²) in [7, 11) is 0. The van der Waals surface area contributed by atoms with Gasteiger partial charge in [0, 0.05) is 18.7 Å². The zero-order valence-corrected chi connectivity index (χ0v) is 13.9. The summed E-state index contributed by atoms with van der Waals surface area (Å²) in [6.07, 6.45) is 6.86. The number of carbonyl (C=O) groups excluding carboxylic acids is 1. The van der Waals surface area contributed by atoms with Crippen molar-refractivity contribution in [2.24, 2.45) is 5.92 Å². The number of benzene rings is 1. The molecule has 4 rings (SSSR count). The first kappa shape index (κ1) is 15.4. The van der Waals surface area contributed by atoms with Crippen LogP contribution in [0.15, 0.2) is 36.7 Å². The first-order valence-electron chi connectivity index (χ1n) is 8.67. The number of halogens is 1. The molecule has 0 spiro atoms. The SMILES string of the molecule is Cc1cnn(C[C@@H]2CCCN2C(=O)[C@H]2C[C@H]2c2ccc(F)cc2)c1. The lowest BCUT2D eigenvalue weighted by atomic mass is 10.1. The van der Waals surface area contributed by atoms with Gasteiger partial charge in [0.25, 0.3) is 0 Å². The fraction of sp³-hybridized carbons (Fsp3) is 0.474. The molecule has 2 aromatic rings. The standard InChI is InChI=1S/C19H22FN3O/c1-13-10-21-22(11-13)12-16-3-2-8-23(16)19(24)18-9-17(18)14-4-6-15(20)7-5-14/h4-7,10-11,16-18H,2-3,8-9,12H2,1H3/t16-,17-,18-/m0/s1. The second-order valence-corrected chi connectivity index (χ2v) is 7.07. The lowest BCUT2D eigenvalue weighted by Crippen LogP contribution is -2.39. The van der Waals surface area contributed by atoms with Gasteiger partial charge in [-0.15, -0.1) is 0 Å². The molecule has 1 aromatic carbocycles. The molecular formula is C19H22FN3O. The van der Waals surface area contributed by atoms with E-state index in [2.05, 4.69) is 5.10 Å². The minimum absolute atomic E-state index is 0.0652. The van der Waals surface area contributed by atoms with Crippen LogP contribution in [0.4, 0.5) is 4.39 Å². The number of amides is 1. The number of carbonyl (C=O) groups is 1. The van der Waals surface area contributed by atoms with Gasteiger partial charge in [-0.25, -0.2) is 4.39 Å². The maximum absolute atomic E-state index is 13.0. The highest BCUT2D eigenvalue weighted by Gasteiger charge is 2.47. The van der Waals surface area contributed by atoms with Crippen molar-refractivity contribution in [3.8, 4) is 0 Å². The maximum atomic E-state index is 13.0. The Labute approximate surface area is 141 Å². The summed E-state index contributed by atoms with van der Waals surface area (Å²) in [4.78, 5) is 14.9. The van der Waals surface area contributed by atoms with Crippen molar-refractivity contribution in [3.05, 3.63) is 53.6 Å². The summed E-state index contributed by atoms with van der Waals surface area (Å²) < 4.78 is 15.0. The fourth-order valence-electron chi connectivity index (χ4n) is 3.86. The van der Waals surface area contributed by atoms with Crippen LogP contribution in [0.25, 0.3) is 0 Å². The summed E-state index contributed by atoms with van der Waals surface area (Å²) >= 11 is 0.